The molecule has 0 spiro atoms. The fraction of sp³-hybridized carbons (Fsp3) is 0.286. The molecule has 3 rings (SSSR count). The first-order valence-electron chi connectivity index (χ1n) is 6.28. The first-order chi connectivity index (χ1) is 9.33. The SMILES string of the molecule is Cc1noc(CCNCc2csc3ccccc23)n1. The molecule has 3 aromatic rings. The predicted molar refractivity (Wildman–Crippen MR) is 76.3 cm³/mol. The van der Waals surface area contributed by atoms with E-state index in [0.717, 1.165) is 19.5 Å². The maximum absolute atomic E-state index is 5.07. The van der Waals surface area contributed by atoms with Gasteiger partial charge >= 0.3 is 0 Å². The fourth-order valence-corrected chi connectivity index (χ4v) is 2.99. The van der Waals surface area contributed by atoms with Gasteiger partial charge in [0.25, 0.3) is 0 Å². The van der Waals surface area contributed by atoms with Gasteiger partial charge in [-0.1, -0.05) is 23.4 Å². The van der Waals surface area contributed by atoms with Crippen LogP contribution in [-0.2, 0) is 13.0 Å². The highest BCUT2D eigenvalue weighted by Crippen LogP contribution is 2.25. The number of aryl methyl sites for hydroxylation is 1. The van der Waals surface area contributed by atoms with Crippen molar-refractivity contribution in [2.75, 3.05) is 6.54 Å². The zero-order valence-corrected chi connectivity index (χ0v) is 11.5. The Morgan fingerprint density at radius 3 is 3.05 bits per heavy atom. The maximum atomic E-state index is 5.07. The minimum atomic E-state index is 0.693. The molecule has 2 heterocycles. The van der Waals surface area contributed by atoms with E-state index < -0.39 is 0 Å². The Bertz CT molecular complexity index is 674. The van der Waals surface area contributed by atoms with Gasteiger partial charge in [-0.05, 0) is 29.3 Å². The number of benzene rings is 1. The van der Waals surface area contributed by atoms with Crippen molar-refractivity contribution >= 4 is 21.4 Å². The zero-order chi connectivity index (χ0) is 13.1. The van der Waals surface area contributed by atoms with Crippen LogP contribution < -0.4 is 5.32 Å². The molecule has 0 fully saturated rings. The Kier molecular flexibility index (Phi) is 3.57. The number of thiophene rings is 1. The molecule has 0 amide bonds. The molecule has 0 unspecified atom stereocenters. The predicted octanol–water partition coefficient (Wildman–Crippen LogP) is 2.93. The van der Waals surface area contributed by atoms with Gasteiger partial charge in [0.2, 0.25) is 5.89 Å². The standard InChI is InChI=1S/C14H15N3OS/c1-10-16-14(18-17-10)6-7-15-8-11-9-19-13-5-3-2-4-12(11)13/h2-5,9,15H,6-8H2,1H3. The van der Waals surface area contributed by atoms with E-state index >= 15 is 0 Å². The van der Waals surface area contributed by atoms with E-state index in [9.17, 15) is 0 Å². The van der Waals surface area contributed by atoms with Crippen LogP contribution in [0.5, 0.6) is 0 Å². The molecule has 5 heteroatoms. The number of nitrogens with one attached hydrogen (secondary N) is 1. The molecule has 1 N–H and O–H groups in total. The summed E-state index contributed by atoms with van der Waals surface area (Å²) in [4.78, 5) is 4.18. The molecule has 0 aliphatic rings. The molecule has 1 aromatic carbocycles. The average Bonchev–Trinajstić information content (AvgIpc) is 3.02. The second kappa shape index (κ2) is 5.50. The Labute approximate surface area is 115 Å². The van der Waals surface area contributed by atoms with Crippen molar-refractivity contribution in [2.24, 2.45) is 0 Å². The van der Waals surface area contributed by atoms with Crippen molar-refractivity contribution in [3.05, 3.63) is 46.9 Å². The smallest absolute Gasteiger partial charge is 0.227 e. The first kappa shape index (κ1) is 12.3. The third-order valence-corrected chi connectivity index (χ3v) is 3.97. The molecule has 4 nitrogen and oxygen atoms in total. The highest BCUT2D eigenvalue weighted by atomic mass is 32.1. The molecular weight excluding hydrogens is 258 g/mol. The van der Waals surface area contributed by atoms with Crippen molar-refractivity contribution < 1.29 is 4.52 Å². The number of hydrogen-bond acceptors (Lipinski definition) is 5. The van der Waals surface area contributed by atoms with E-state index in [1.807, 2.05) is 6.92 Å². The van der Waals surface area contributed by atoms with E-state index in [0.29, 0.717) is 11.7 Å². The lowest BCUT2D eigenvalue weighted by Gasteiger charge is -2.01. The van der Waals surface area contributed by atoms with Crippen molar-refractivity contribution in [1.82, 2.24) is 15.5 Å². The van der Waals surface area contributed by atoms with Crippen LogP contribution in [0.2, 0.25) is 0 Å². The third kappa shape index (κ3) is 2.83. The van der Waals surface area contributed by atoms with Crippen LogP contribution in [0.3, 0.4) is 0 Å². The van der Waals surface area contributed by atoms with Crippen LogP contribution in [-0.4, -0.2) is 16.7 Å². The van der Waals surface area contributed by atoms with Crippen LogP contribution >= 0.6 is 11.3 Å². The topological polar surface area (TPSA) is 51.0 Å². The molecule has 0 radical (unpaired) electrons. The van der Waals surface area contributed by atoms with Gasteiger partial charge in [0.15, 0.2) is 5.82 Å². The van der Waals surface area contributed by atoms with Crippen LogP contribution in [0.4, 0.5) is 0 Å². The number of aromatic nitrogens is 2. The maximum Gasteiger partial charge on any atom is 0.227 e. The lowest BCUT2D eigenvalue weighted by molar-refractivity contribution is 0.372. The van der Waals surface area contributed by atoms with Crippen LogP contribution in [0.25, 0.3) is 10.1 Å². The number of fused-ring (bicyclic) bond motifs is 1. The Morgan fingerprint density at radius 1 is 1.32 bits per heavy atom. The van der Waals surface area contributed by atoms with Gasteiger partial charge in [0, 0.05) is 24.2 Å². The molecule has 19 heavy (non-hydrogen) atoms. The second-order valence-corrected chi connectivity index (χ2v) is 5.33. The number of hydrogen-bond donors (Lipinski definition) is 1. The van der Waals surface area contributed by atoms with Crippen LogP contribution in [0.15, 0.2) is 34.2 Å². The molecule has 0 atom stereocenters. The van der Waals surface area contributed by atoms with Crippen molar-refractivity contribution in [2.45, 2.75) is 19.9 Å². The quantitative estimate of drug-likeness (QED) is 0.726. The fourth-order valence-electron chi connectivity index (χ4n) is 2.03. The lowest BCUT2D eigenvalue weighted by atomic mass is 10.2. The minimum absolute atomic E-state index is 0.693. The Hall–Kier alpha value is -1.72. The monoisotopic (exact) mass is 273 g/mol. The van der Waals surface area contributed by atoms with E-state index in [1.54, 1.807) is 11.3 Å². The molecular formula is C14H15N3OS. The largest absolute Gasteiger partial charge is 0.339 e. The molecule has 0 saturated carbocycles. The highest BCUT2D eigenvalue weighted by Gasteiger charge is 2.04. The van der Waals surface area contributed by atoms with E-state index in [4.69, 9.17) is 4.52 Å². The summed E-state index contributed by atoms with van der Waals surface area (Å²) in [6, 6.07) is 8.49. The van der Waals surface area contributed by atoms with Crippen LogP contribution in [0.1, 0.15) is 17.3 Å². The molecule has 0 aliphatic heterocycles. The normalized spacial score (nSPS) is 11.2. The van der Waals surface area contributed by atoms with E-state index in [-0.39, 0.29) is 0 Å². The van der Waals surface area contributed by atoms with Gasteiger partial charge in [-0.25, -0.2) is 0 Å². The molecule has 0 saturated heterocycles. The Balaban J connectivity index is 1.55. The highest BCUT2D eigenvalue weighted by molar-refractivity contribution is 7.17. The van der Waals surface area contributed by atoms with E-state index in [1.165, 1.54) is 15.6 Å². The van der Waals surface area contributed by atoms with Crippen molar-refractivity contribution in [3.8, 4) is 0 Å². The van der Waals surface area contributed by atoms with Gasteiger partial charge in [-0.3, -0.25) is 0 Å². The van der Waals surface area contributed by atoms with Crippen molar-refractivity contribution in [1.29, 1.82) is 0 Å². The molecule has 98 valence electrons. The summed E-state index contributed by atoms with van der Waals surface area (Å²) in [6.45, 7) is 3.54. The van der Waals surface area contributed by atoms with Gasteiger partial charge in [-0.15, -0.1) is 11.3 Å². The van der Waals surface area contributed by atoms with Gasteiger partial charge < -0.3 is 9.84 Å². The number of nitrogens with zero attached hydrogens (tertiary/aromatic N) is 2. The summed E-state index contributed by atoms with van der Waals surface area (Å²) in [5.74, 6) is 1.39. The summed E-state index contributed by atoms with van der Waals surface area (Å²) in [5.41, 5.74) is 1.35. The molecule has 2 aromatic heterocycles. The lowest BCUT2D eigenvalue weighted by Crippen LogP contribution is -2.16. The minimum Gasteiger partial charge on any atom is -0.339 e. The number of rotatable bonds is 5. The summed E-state index contributed by atoms with van der Waals surface area (Å²) in [7, 11) is 0. The summed E-state index contributed by atoms with van der Waals surface area (Å²) < 4.78 is 6.41. The van der Waals surface area contributed by atoms with Gasteiger partial charge in [0.05, 0.1) is 0 Å². The zero-order valence-electron chi connectivity index (χ0n) is 10.7. The molecule has 0 bridgehead atoms. The Morgan fingerprint density at radius 2 is 2.21 bits per heavy atom. The average molecular weight is 273 g/mol. The third-order valence-electron chi connectivity index (χ3n) is 2.96. The van der Waals surface area contributed by atoms with Gasteiger partial charge in [-0.2, -0.15) is 4.98 Å². The van der Waals surface area contributed by atoms with E-state index in [2.05, 4.69) is 45.1 Å². The summed E-state index contributed by atoms with van der Waals surface area (Å²) in [5, 5.41) is 10.7. The van der Waals surface area contributed by atoms with Crippen LogP contribution in [0, 0.1) is 6.92 Å². The van der Waals surface area contributed by atoms with Gasteiger partial charge in [0.1, 0.15) is 0 Å². The second-order valence-electron chi connectivity index (χ2n) is 4.42. The molecule has 0 aliphatic carbocycles. The summed E-state index contributed by atoms with van der Waals surface area (Å²) in [6.07, 6.45) is 0.767. The first-order valence-corrected chi connectivity index (χ1v) is 7.16. The summed E-state index contributed by atoms with van der Waals surface area (Å²) >= 11 is 1.79. The van der Waals surface area contributed by atoms with Crippen molar-refractivity contribution in [3.63, 3.8) is 0 Å².